The zero-order valence-electron chi connectivity index (χ0n) is 9.61. The number of aromatic nitrogens is 3. The third-order valence-electron chi connectivity index (χ3n) is 2.48. The molecular weight excluding hydrogens is 321 g/mol. The summed E-state index contributed by atoms with van der Waals surface area (Å²) in [7, 11) is 0. The number of hydrogen-bond donors (Lipinski definition) is 0. The van der Waals surface area contributed by atoms with Gasteiger partial charge in [-0.05, 0) is 46.5 Å². The third-order valence-corrected chi connectivity index (χ3v) is 3.36. The molecule has 96 valence electrons. The summed E-state index contributed by atoms with van der Waals surface area (Å²) in [5, 5.41) is 8.09. The predicted octanol–water partition coefficient (Wildman–Crippen LogP) is 3.40. The molecule has 0 spiro atoms. The number of rotatable bonds is 5. The summed E-state index contributed by atoms with van der Waals surface area (Å²) in [6.45, 7) is 0.576. The third kappa shape index (κ3) is 3.53. The fraction of sp³-hybridized carbons (Fsp3) is 0.333. The number of hydrogen-bond acceptors (Lipinski definition) is 2. The van der Waals surface area contributed by atoms with Crippen LogP contribution in [0.15, 0.2) is 28.9 Å². The molecule has 0 unspecified atom stereocenters. The van der Waals surface area contributed by atoms with Crippen molar-refractivity contribution < 1.29 is 4.39 Å². The van der Waals surface area contributed by atoms with Crippen molar-refractivity contribution in [2.45, 2.75) is 19.4 Å². The monoisotopic (exact) mass is 331 g/mol. The Bertz CT molecular complexity index is 530. The molecule has 3 nitrogen and oxygen atoms in total. The van der Waals surface area contributed by atoms with Crippen LogP contribution in [0, 0.1) is 5.82 Å². The molecule has 1 aromatic carbocycles. The van der Waals surface area contributed by atoms with Gasteiger partial charge in [0.05, 0.1) is 16.7 Å². The molecule has 0 fully saturated rings. The highest BCUT2D eigenvalue weighted by Crippen LogP contribution is 2.17. The molecule has 0 aliphatic heterocycles. The molecule has 0 aliphatic rings. The van der Waals surface area contributed by atoms with Gasteiger partial charge < -0.3 is 0 Å². The van der Waals surface area contributed by atoms with E-state index in [9.17, 15) is 4.39 Å². The Balaban J connectivity index is 2.04. The molecular formula is C12H12BrClFN3. The number of nitrogens with zero attached hydrogens (tertiary/aromatic N) is 3. The minimum absolute atomic E-state index is 0.264. The van der Waals surface area contributed by atoms with E-state index in [1.54, 1.807) is 16.8 Å². The normalized spacial score (nSPS) is 10.8. The number of halogens is 3. The van der Waals surface area contributed by atoms with Crippen molar-refractivity contribution in [1.82, 2.24) is 15.0 Å². The first kappa shape index (κ1) is 13.5. The minimum Gasteiger partial charge on any atom is -0.248 e. The smallest absolute Gasteiger partial charge is 0.137 e. The van der Waals surface area contributed by atoms with Crippen LogP contribution >= 0.6 is 27.5 Å². The van der Waals surface area contributed by atoms with E-state index in [0.29, 0.717) is 16.9 Å². The summed E-state index contributed by atoms with van der Waals surface area (Å²) >= 11 is 8.79. The lowest BCUT2D eigenvalue weighted by atomic mass is 10.2. The molecule has 0 aliphatic carbocycles. The zero-order valence-corrected chi connectivity index (χ0v) is 12.0. The Morgan fingerprint density at radius 2 is 2.22 bits per heavy atom. The van der Waals surface area contributed by atoms with Crippen LogP contribution in [0.5, 0.6) is 0 Å². The fourth-order valence-corrected chi connectivity index (χ4v) is 2.16. The molecule has 0 bridgehead atoms. The summed E-state index contributed by atoms with van der Waals surface area (Å²) in [5.41, 5.74) is 1.90. The van der Waals surface area contributed by atoms with Crippen LogP contribution in [-0.2, 0) is 13.0 Å². The summed E-state index contributed by atoms with van der Waals surface area (Å²) in [4.78, 5) is 0. The highest BCUT2D eigenvalue weighted by atomic mass is 79.9. The quantitative estimate of drug-likeness (QED) is 0.786. The molecule has 0 saturated carbocycles. The van der Waals surface area contributed by atoms with E-state index in [1.807, 2.05) is 6.20 Å². The van der Waals surface area contributed by atoms with Crippen LogP contribution < -0.4 is 0 Å². The molecule has 1 aromatic heterocycles. The highest BCUT2D eigenvalue weighted by Gasteiger charge is 2.04. The largest absolute Gasteiger partial charge is 0.248 e. The molecule has 2 rings (SSSR count). The SMILES string of the molecule is Fc1ccc(Cn2cc(CCCCl)nn2)cc1Br. The summed E-state index contributed by atoms with van der Waals surface area (Å²) in [5.74, 6) is 0.359. The first-order chi connectivity index (χ1) is 8.69. The van der Waals surface area contributed by atoms with Crippen molar-refractivity contribution in [2.75, 3.05) is 5.88 Å². The minimum atomic E-state index is -0.264. The van der Waals surface area contributed by atoms with Gasteiger partial charge in [-0.15, -0.1) is 16.7 Å². The van der Waals surface area contributed by atoms with Crippen molar-refractivity contribution >= 4 is 27.5 Å². The number of benzene rings is 1. The van der Waals surface area contributed by atoms with Crippen LogP contribution in [0.4, 0.5) is 4.39 Å². The van der Waals surface area contributed by atoms with Crippen LogP contribution in [0.1, 0.15) is 17.7 Å². The average molecular weight is 333 g/mol. The maximum atomic E-state index is 13.1. The zero-order chi connectivity index (χ0) is 13.0. The van der Waals surface area contributed by atoms with Gasteiger partial charge in [0.25, 0.3) is 0 Å². The van der Waals surface area contributed by atoms with Gasteiger partial charge in [0.1, 0.15) is 5.82 Å². The molecule has 0 N–H and O–H groups in total. The Morgan fingerprint density at radius 1 is 1.39 bits per heavy atom. The van der Waals surface area contributed by atoms with E-state index in [1.165, 1.54) is 6.07 Å². The second-order valence-corrected chi connectivity index (χ2v) is 5.18. The van der Waals surface area contributed by atoms with E-state index in [-0.39, 0.29) is 5.82 Å². The molecule has 0 atom stereocenters. The topological polar surface area (TPSA) is 30.7 Å². The fourth-order valence-electron chi connectivity index (χ4n) is 1.60. The lowest BCUT2D eigenvalue weighted by Crippen LogP contribution is -2.00. The van der Waals surface area contributed by atoms with Crippen molar-refractivity contribution in [3.8, 4) is 0 Å². The van der Waals surface area contributed by atoms with Crippen molar-refractivity contribution in [3.63, 3.8) is 0 Å². The van der Waals surface area contributed by atoms with Crippen molar-refractivity contribution in [2.24, 2.45) is 0 Å². The molecule has 0 saturated heterocycles. The van der Waals surface area contributed by atoms with Gasteiger partial charge in [0, 0.05) is 12.1 Å². The van der Waals surface area contributed by atoms with Crippen molar-refractivity contribution in [3.05, 3.63) is 45.9 Å². The second kappa shape index (κ2) is 6.29. The number of alkyl halides is 1. The van der Waals surface area contributed by atoms with Crippen LogP contribution in [0.25, 0.3) is 0 Å². The van der Waals surface area contributed by atoms with Gasteiger partial charge >= 0.3 is 0 Å². The van der Waals surface area contributed by atoms with E-state index >= 15 is 0 Å². The Morgan fingerprint density at radius 3 is 2.94 bits per heavy atom. The molecule has 0 amide bonds. The average Bonchev–Trinajstić information content (AvgIpc) is 2.79. The van der Waals surface area contributed by atoms with Gasteiger partial charge in [-0.1, -0.05) is 11.3 Å². The van der Waals surface area contributed by atoms with Crippen LogP contribution in [-0.4, -0.2) is 20.9 Å². The van der Waals surface area contributed by atoms with E-state index in [2.05, 4.69) is 26.2 Å². The second-order valence-electron chi connectivity index (χ2n) is 3.95. The van der Waals surface area contributed by atoms with Gasteiger partial charge in [0.15, 0.2) is 0 Å². The maximum absolute atomic E-state index is 13.1. The lowest BCUT2D eigenvalue weighted by molar-refractivity contribution is 0.615. The first-order valence-corrected chi connectivity index (χ1v) is 6.90. The lowest BCUT2D eigenvalue weighted by Gasteiger charge is -2.02. The van der Waals surface area contributed by atoms with Crippen LogP contribution in [0.2, 0.25) is 0 Å². The molecule has 1 heterocycles. The van der Waals surface area contributed by atoms with E-state index in [0.717, 1.165) is 24.1 Å². The molecule has 0 radical (unpaired) electrons. The van der Waals surface area contributed by atoms with E-state index < -0.39 is 0 Å². The predicted molar refractivity (Wildman–Crippen MR) is 72.3 cm³/mol. The highest BCUT2D eigenvalue weighted by molar-refractivity contribution is 9.10. The number of aryl methyl sites for hydroxylation is 1. The van der Waals surface area contributed by atoms with E-state index in [4.69, 9.17) is 11.6 Å². The summed E-state index contributed by atoms with van der Waals surface area (Å²) < 4.78 is 15.3. The first-order valence-electron chi connectivity index (χ1n) is 5.58. The van der Waals surface area contributed by atoms with Crippen molar-refractivity contribution in [1.29, 1.82) is 0 Å². The Hall–Kier alpha value is -0.940. The summed E-state index contributed by atoms with van der Waals surface area (Å²) in [6.07, 6.45) is 3.61. The van der Waals surface area contributed by atoms with Crippen LogP contribution in [0.3, 0.4) is 0 Å². The molecule has 18 heavy (non-hydrogen) atoms. The van der Waals surface area contributed by atoms with Gasteiger partial charge in [-0.25, -0.2) is 9.07 Å². The standard InChI is InChI=1S/C12H12BrClFN3/c13-11-6-9(3-4-12(11)15)7-18-8-10(16-17-18)2-1-5-14/h3-4,6,8H,1-2,5,7H2. The van der Waals surface area contributed by atoms with Gasteiger partial charge in [0.2, 0.25) is 0 Å². The molecule has 6 heteroatoms. The summed E-state index contributed by atoms with van der Waals surface area (Å²) in [6, 6.07) is 4.92. The molecule has 2 aromatic rings. The Labute approximate surface area is 118 Å². The van der Waals surface area contributed by atoms with Gasteiger partial charge in [-0.3, -0.25) is 0 Å². The van der Waals surface area contributed by atoms with Gasteiger partial charge in [-0.2, -0.15) is 0 Å². The Kier molecular flexibility index (Phi) is 4.72. The maximum Gasteiger partial charge on any atom is 0.137 e.